The zero-order chi connectivity index (χ0) is 31.1. The van der Waals surface area contributed by atoms with E-state index in [9.17, 15) is 26.8 Å². The highest BCUT2D eigenvalue weighted by atomic mass is 32.2. The summed E-state index contributed by atoms with van der Waals surface area (Å²) in [6.07, 6.45) is 1.38. The lowest BCUT2D eigenvalue weighted by molar-refractivity contribution is -0.120. The first kappa shape index (κ1) is 30.6. The van der Waals surface area contributed by atoms with Crippen LogP contribution >= 0.6 is 0 Å². The average molecular weight is 616 g/mol. The molecule has 0 spiro atoms. The number of anilines is 3. The Balaban J connectivity index is 1.44. The molecule has 0 atom stereocenters. The summed E-state index contributed by atoms with van der Waals surface area (Å²) in [5, 5.41) is 16.2. The number of aromatic amines is 1. The predicted octanol–water partition coefficient (Wildman–Crippen LogP) is 3.43. The van der Waals surface area contributed by atoms with Gasteiger partial charge in [0, 0.05) is 61.5 Å². The molecule has 14 heteroatoms. The molecular weight excluding hydrogens is 580 g/mol. The van der Waals surface area contributed by atoms with Gasteiger partial charge in [0.1, 0.15) is 11.6 Å². The van der Waals surface area contributed by atoms with Crippen LogP contribution in [0.5, 0.6) is 0 Å². The van der Waals surface area contributed by atoms with Gasteiger partial charge in [0.05, 0.1) is 16.1 Å². The first-order chi connectivity index (χ1) is 20.3. The van der Waals surface area contributed by atoms with E-state index in [2.05, 4.69) is 26.1 Å². The Labute approximate surface area is 249 Å². The second kappa shape index (κ2) is 11.7. The van der Waals surface area contributed by atoms with Crippen LogP contribution in [0, 0.1) is 17.6 Å². The number of hydrogen-bond donors (Lipinski definition) is 4. The Morgan fingerprint density at radius 3 is 2.37 bits per heavy atom. The third-order valence-corrected chi connectivity index (χ3v) is 9.66. The number of fused-ring (bicyclic) bond motifs is 1. The standard InChI is InChI=1S/C29H35F2N7O4S/c1-29(2)16-38(43(41,42)21-12-18(30)11-19(31)13-21)15-23-25(29)35-36-26(23)34-28(40)22-6-5-20(37(3)4)14-24(22)33-27(39)17-7-9-32-10-8-17/h5-6,11-14,17,32H,7-10,15-16H2,1-4H3,(H,33,39)(H2,34,35,36,40). The predicted molar refractivity (Wildman–Crippen MR) is 159 cm³/mol. The lowest BCUT2D eigenvalue weighted by Gasteiger charge is -2.36. The maximum absolute atomic E-state index is 13.9. The van der Waals surface area contributed by atoms with E-state index in [1.54, 1.807) is 32.0 Å². The molecule has 0 saturated carbocycles. The molecule has 1 fully saturated rings. The summed E-state index contributed by atoms with van der Waals surface area (Å²) >= 11 is 0. The molecule has 0 unspecified atom stereocenters. The summed E-state index contributed by atoms with van der Waals surface area (Å²) in [6.45, 7) is 4.91. The van der Waals surface area contributed by atoms with Crippen molar-refractivity contribution in [1.82, 2.24) is 19.8 Å². The molecule has 2 aliphatic rings. The summed E-state index contributed by atoms with van der Waals surface area (Å²) in [7, 11) is -0.597. The van der Waals surface area contributed by atoms with Crippen LogP contribution in [0.2, 0.25) is 0 Å². The molecular formula is C29H35F2N7O4S. The molecule has 5 rings (SSSR count). The molecule has 2 amide bonds. The second-order valence-corrected chi connectivity index (χ2v) is 13.7. The largest absolute Gasteiger partial charge is 0.378 e. The monoisotopic (exact) mass is 615 g/mol. The zero-order valence-electron chi connectivity index (χ0n) is 24.4. The highest BCUT2D eigenvalue weighted by Gasteiger charge is 2.41. The van der Waals surface area contributed by atoms with Gasteiger partial charge in [0.15, 0.2) is 5.82 Å². The summed E-state index contributed by atoms with van der Waals surface area (Å²) in [4.78, 5) is 28.1. The molecule has 3 heterocycles. The Bertz CT molecular complexity index is 1650. The third-order valence-electron chi connectivity index (χ3n) is 7.89. The van der Waals surface area contributed by atoms with Crippen molar-refractivity contribution in [3.05, 3.63) is 64.9 Å². The average Bonchev–Trinajstić information content (AvgIpc) is 3.36. The third kappa shape index (κ3) is 6.26. The number of rotatable bonds is 7. The molecule has 0 bridgehead atoms. The Morgan fingerprint density at radius 1 is 1.05 bits per heavy atom. The lowest BCUT2D eigenvalue weighted by Crippen LogP contribution is -2.45. The van der Waals surface area contributed by atoms with E-state index in [1.165, 1.54) is 0 Å². The second-order valence-electron chi connectivity index (χ2n) is 11.8. The van der Waals surface area contributed by atoms with E-state index in [4.69, 9.17) is 0 Å². The minimum Gasteiger partial charge on any atom is -0.378 e. The van der Waals surface area contributed by atoms with Crippen molar-refractivity contribution >= 4 is 39.0 Å². The van der Waals surface area contributed by atoms with Crippen LogP contribution in [0.15, 0.2) is 41.3 Å². The molecule has 4 N–H and O–H groups in total. The minimum absolute atomic E-state index is 0.00884. The maximum atomic E-state index is 13.9. The molecule has 3 aromatic rings. The van der Waals surface area contributed by atoms with Gasteiger partial charge in [-0.2, -0.15) is 9.40 Å². The number of amides is 2. The van der Waals surface area contributed by atoms with Gasteiger partial charge in [0.2, 0.25) is 15.9 Å². The Morgan fingerprint density at radius 2 is 1.72 bits per heavy atom. The van der Waals surface area contributed by atoms with Crippen molar-refractivity contribution in [3.8, 4) is 0 Å². The van der Waals surface area contributed by atoms with Crippen LogP contribution in [0.25, 0.3) is 0 Å². The number of halogens is 2. The van der Waals surface area contributed by atoms with E-state index >= 15 is 0 Å². The van der Waals surface area contributed by atoms with E-state index in [-0.39, 0.29) is 36.3 Å². The highest BCUT2D eigenvalue weighted by molar-refractivity contribution is 7.89. The number of carbonyl (C=O) groups excluding carboxylic acids is 2. The van der Waals surface area contributed by atoms with E-state index in [0.29, 0.717) is 35.9 Å². The van der Waals surface area contributed by atoms with Gasteiger partial charge in [-0.1, -0.05) is 13.8 Å². The molecule has 2 aromatic carbocycles. The number of nitrogens with one attached hydrogen (secondary N) is 4. The molecule has 0 radical (unpaired) electrons. The molecule has 1 saturated heterocycles. The summed E-state index contributed by atoms with van der Waals surface area (Å²) in [5.41, 5.74) is 1.61. The molecule has 230 valence electrons. The van der Waals surface area contributed by atoms with Gasteiger partial charge in [-0.3, -0.25) is 14.7 Å². The van der Waals surface area contributed by atoms with Crippen LogP contribution in [-0.4, -0.2) is 68.5 Å². The topological polar surface area (TPSA) is 140 Å². The van der Waals surface area contributed by atoms with Gasteiger partial charge in [0.25, 0.3) is 5.91 Å². The van der Waals surface area contributed by atoms with Gasteiger partial charge in [-0.05, 0) is 56.3 Å². The summed E-state index contributed by atoms with van der Waals surface area (Å²) in [5.74, 6) is -2.79. The van der Waals surface area contributed by atoms with Crippen molar-refractivity contribution in [2.24, 2.45) is 5.92 Å². The van der Waals surface area contributed by atoms with Crippen molar-refractivity contribution in [2.45, 2.75) is 43.5 Å². The van der Waals surface area contributed by atoms with Crippen molar-refractivity contribution < 1.29 is 26.8 Å². The van der Waals surface area contributed by atoms with Gasteiger partial charge in [-0.25, -0.2) is 17.2 Å². The first-order valence-corrected chi connectivity index (χ1v) is 15.4. The number of H-pyrrole nitrogens is 1. The van der Waals surface area contributed by atoms with Gasteiger partial charge in [-0.15, -0.1) is 0 Å². The summed E-state index contributed by atoms with van der Waals surface area (Å²) in [6, 6.07) is 7.25. The Kier molecular flexibility index (Phi) is 8.29. The molecule has 2 aliphatic heterocycles. The molecule has 11 nitrogen and oxygen atoms in total. The van der Waals surface area contributed by atoms with Crippen molar-refractivity contribution in [3.63, 3.8) is 0 Å². The molecule has 1 aromatic heterocycles. The normalized spacial score (nSPS) is 17.3. The van der Waals surface area contributed by atoms with Crippen molar-refractivity contribution in [2.75, 3.05) is 49.3 Å². The number of piperidine rings is 1. The van der Waals surface area contributed by atoms with Crippen LogP contribution in [0.1, 0.15) is 48.3 Å². The fourth-order valence-electron chi connectivity index (χ4n) is 5.54. The number of hydrogen-bond acceptors (Lipinski definition) is 7. The fourth-order valence-corrected chi connectivity index (χ4v) is 7.15. The smallest absolute Gasteiger partial charge is 0.258 e. The van der Waals surface area contributed by atoms with E-state index < -0.39 is 37.9 Å². The Hall–Kier alpha value is -3.88. The number of carbonyl (C=O) groups is 2. The SMILES string of the molecule is CN(C)c1ccc(C(=O)Nc2n[nH]c3c2CN(S(=O)(=O)c2cc(F)cc(F)c2)CC3(C)C)c(NC(=O)C2CCNCC2)c1. The number of aromatic nitrogens is 2. The fraction of sp³-hybridized carbons (Fsp3) is 0.414. The number of sulfonamides is 1. The van der Waals surface area contributed by atoms with Crippen molar-refractivity contribution in [1.29, 1.82) is 0 Å². The number of benzene rings is 2. The van der Waals surface area contributed by atoms with Gasteiger partial charge < -0.3 is 20.9 Å². The quantitative estimate of drug-likeness (QED) is 0.319. The van der Waals surface area contributed by atoms with Crippen LogP contribution in [0.4, 0.5) is 26.0 Å². The number of nitrogens with zero attached hydrogens (tertiary/aromatic N) is 3. The van der Waals surface area contributed by atoms with Gasteiger partial charge >= 0.3 is 0 Å². The minimum atomic E-state index is -4.30. The van der Waals surface area contributed by atoms with Crippen LogP contribution in [-0.2, 0) is 26.8 Å². The molecule has 43 heavy (non-hydrogen) atoms. The maximum Gasteiger partial charge on any atom is 0.258 e. The zero-order valence-corrected chi connectivity index (χ0v) is 25.2. The van der Waals surface area contributed by atoms with E-state index in [1.807, 2.05) is 19.0 Å². The van der Waals surface area contributed by atoms with Crippen LogP contribution in [0.3, 0.4) is 0 Å². The molecule has 0 aliphatic carbocycles. The van der Waals surface area contributed by atoms with Crippen LogP contribution < -0.4 is 20.9 Å². The van der Waals surface area contributed by atoms with E-state index in [0.717, 1.165) is 35.2 Å². The lowest BCUT2D eigenvalue weighted by atomic mass is 9.84. The summed E-state index contributed by atoms with van der Waals surface area (Å²) < 4.78 is 55.8. The first-order valence-electron chi connectivity index (χ1n) is 13.9. The highest BCUT2D eigenvalue weighted by Crippen LogP contribution is 2.38.